The number of hydrogen-bond donors (Lipinski definition) is 0. The molecule has 0 aliphatic carbocycles. The Hall–Kier alpha value is -1.11. The van der Waals surface area contributed by atoms with Crippen LogP contribution in [0.4, 0.5) is 0 Å². The van der Waals surface area contributed by atoms with Crippen LogP contribution in [-0.2, 0) is 19.3 Å². The lowest BCUT2D eigenvalue weighted by Crippen LogP contribution is -2.07. The predicted molar refractivity (Wildman–Crippen MR) is 78.4 cm³/mol. The number of hydrogen-bond acceptors (Lipinski definition) is 1. The molecule has 0 aliphatic heterocycles. The first-order chi connectivity index (χ1) is 8.63. The Balaban J connectivity index is 3.29. The maximum absolute atomic E-state index is 11.9. The van der Waals surface area contributed by atoms with Crippen LogP contribution < -0.4 is 0 Å². The first-order valence-corrected chi connectivity index (χ1v) is 7.29. The molecule has 0 saturated carbocycles. The van der Waals surface area contributed by atoms with Crippen molar-refractivity contribution in [2.75, 3.05) is 0 Å². The maximum Gasteiger partial charge on any atom is 0.160 e. The Morgan fingerprint density at radius 1 is 0.889 bits per heavy atom. The number of rotatable bonds is 7. The second-order valence-electron chi connectivity index (χ2n) is 5.10. The van der Waals surface area contributed by atoms with Gasteiger partial charge in [0.05, 0.1) is 0 Å². The van der Waals surface area contributed by atoms with Gasteiger partial charge in [-0.3, -0.25) is 4.79 Å². The highest BCUT2D eigenvalue weighted by atomic mass is 16.1. The molecule has 1 rings (SSSR count). The predicted octanol–water partition coefficient (Wildman–Crippen LogP) is 4.75. The van der Waals surface area contributed by atoms with E-state index in [0.29, 0.717) is 0 Å². The molecule has 0 N–H and O–H groups in total. The van der Waals surface area contributed by atoms with Crippen molar-refractivity contribution in [3.63, 3.8) is 0 Å². The number of carbonyl (C=O) groups excluding carboxylic acids is 1. The standard InChI is InChI=1S/C17H26O/c1-5-8-14-11-15(9-6-2)17(13(4)18)16(12-14)10-7-3/h11-12H,5-10H2,1-4H3. The molecule has 0 radical (unpaired) electrons. The fraction of sp³-hybridized carbons (Fsp3) is 0.588. The van der Waals surface area contributed by atoms with Crippen LogP contribution in [0.25, 0.3) is 0 Å². The monoisotopic (exact) mass is 246 g/mol. The first kappa shape index (κ1) is 14.9. The zero-order chi connectivity index (χ0) is 13.5. The highest BCUT2D eigenvalue weighted by molar-refractivity contribution is 5.97. The molecule has 0 amide bonds. The van der Waals surface area contributed by atoms with Gasteiger partial charge in [0.1, 0.15) is 0 Å². The minimum atomic E-state index is 0.227. The summed E-state index contributed by atoms with van der Waals surface area (Å²) in [5.41, 5.74) is 4.92. The van der Waals surface area contributed by atoms with Crippen molar-refractivity contribution in [3.05, 3.63) is 34.4 Å². The highest BCUT2D eigenvalue weighted by Crippen LogP contribution is 2.22. The van der Waals surface area contributed by atoms with Gasteiger partial charge in [-0.05, 0) is 42.9 Å². The summed E-state index contributed by atoms with van der Waals surface area (Å²) in [6, 6.07) is 4.51. The summed E-state index contributed by atoms with van der Waals surface area (Å²) in [5, 5.41) is 0. The van der Waals surface area contributed by atoms with E-state index < -0.39 is 0 Å². The summed E-state index contributed by atoms with van der Waals surface area (Å²) in [4.78, 5) is 11.9. The molecular weight excluding hydrogens is 220 g/mol. The van der Waals surface area contributed by atoms with Crippen LogP contribution in [0.15, 0.2) is 12.1 Å². The number of Topliss-reactive ketones (excluding diaryl/α,β-unsaturated/α-hetero) is 1. The molecule has 1 heteroatoms. The molecule has 100 valence electrons. The van der Waals surface area contributed by atoms with Crippen LogP contribution >= 0.6 is 0 Å². The molecule has 0 unspecified atom stereocenters. The van der Waals surface area contributed by atoms with E-state index in [1.165, 1.54) is 16.7 Å². The van der Waals surface area contributed by atoms with E-state index in [1.54, 1.807) is 6.92 Å². The van der Waals surface area contributed by atoms with E-state index in [4.69, 9.17) is 0 Å². The van der Waals surface area contributed by atoms with Crippen molar-refractivity contribution < 1.29 is 4.79 Å². The molecule has 0 aliphatic rings. The Labute approximate surface area is 112 Å². The number of ketones is 1. The fourth-order valence-electron chi connectivity index (χ4n) is 2.66. The van der Waals surface area contributed by atoms with Crippen molar-refractivity contribution in [1.29, 1.82) is 0 Å². The molecule has 0 aromatic heterocycles. The van der Waals surface area contributed by atoms with Crippen LogP contribution in [0.5, 0.6) is 0 Å². The molecule has 0 heterocycles. The summed E-state index contributed by atoms with van der Waals surface area (Å²) in [5.74, 6) is 0.227. The van der Waals surface area contributed by atoms with Crippen molar-refractivity contribution >= 4 is 5.78 Å². The van der Waals surface area contributed by atoms with Gasteiger partial charge in [0.25, 0.3) is 0 Å². The molecule has 1 aromatic carbocycles. The van der Waals surface area contributed by atoms with Gasteiger partial charge in [-0.1, -0.05) is 52.2 Å². The Bertz CT molecular complexity index is 377. The zero-order valence-corrected chi connectivity index (χ0v) is 12.3. The van der Waals surface area contributed by atoms with Gasteiger partial charge in [-0.2, -0.15) is 0 Å². The minimum absolute atomic E-state index is 0.227. The highest BCUT2D eigenvalue weighted by Gasteiger charge is 2.13. The quantitative estimate of drug-likeness (QED) is 0.635. The van der Waals surface area contributed by atoms with Gasteiger partial charge >= 0.3 is 0 Å². The van der Waals surface area contributed by atoms with E-state index >= 15 is 0 Å². The Morgan fingerprint density at radius 3 is 1.67 bits per heavy atom. The van der Waals surface area contributed by atoms with Gasteiger partial charge in [0.2, 0.25) is 0 Å². The van der Waals surface area contributed by atoms with Crippen molar-refractivity contribution in [2.45, 2.75) is 66.2 Å². The second-order valence-corrected chi connectivity index (χ2v) is 5.10. The van der Waals surface area contributed by atoms with Gasteiger partial charge in [-0.15, -0.1) is 0 Å². The van der Waals surface area contributed by atoms with Gasteiger partial charge in [0, 0.05) is 5.56 Å². The van der Waals surface area contributed by atoms with Crippen LogP contribution in [0.1, 0.15) is 74.0 Å². The number of carbonyl (C=O) groups is 1. The van der Waals surface area contributed by atoms with Crippen LogP contribution in [0.3, 0.4) is 0 Å². The molecule has 1 aromatic rings. The van der Waals surface area contributed by atoms with Crippen LogP contribution in [0, 0.1) is 0 Å². The van der Waals surface area contributed by atoms with E-state index in [2.05, 4.69) is 32.9 Å². The average Bonchev–Trinajstić information content (AvgIpc) is 2.29. The fourth-order valence-corrected chi connectivity index (χ4v) is 2.66. The molecule has 0 fully saturated rings. The van der Waals surface area contributed by atoms with Gasteiger partial charge in [-0.25, -0.2) is 0 Å². The summed E-state index contributed by atoms with van der Waals surface area (Å²) >= 11 is 0. The van der Waals surface area contributed by atoms with E-state index in [0.717, 1.165) is 44.1 Å². The molecule has 0 spiro atoms. The first-order valence-electron chi connectivity index (χ1n) is 7.29. The third-order valence-electron chi connectivity index (χ3n) is 3.29. The summed E-state index contributed by atoms with van der Waals surface area (Å²) in [6.07, 6.45) is 6.51. The average molecular weight is 246 g/mol. The van der Waals surface area contributed by atoms with Gasteiger partial charge in [0.15, 0.2) is 5.78 Å². The van der Waals surface area contributed by atoms with E-state index in [-0.39, 0.29) is 5.78 Å². The van der Waals surface area contributed by atoms with Crippen LogP contribution in [-0.4, -0.2) is 5.78 Å². The normalized spacial score (nSPS) is 10.7. The zero-order valence-electron chi connectivity index (χ0n) is 12.3. The Morgan fingerprint density at radius 2 is 1.33 bits per heavy atom. The lowest BCUT2D eigenvalue weighted by molar-refractivity contribution is 0.101. The molecular formula is C17H26O. The lowest BCUT2D eigenvalue weighted by atomic mass is 9.89. The third kappa shape index (κ3) is 3.69. The van der Waals surface area contributed by atoms with Crippen LogP contribution in [0.2, 0.25) is 0 Å². The molecule has 0 bridgehead atoms. The third-order valence-corrected chi connectivity index (χ3v) is 3.29. The maximum atomic E-state index is 11.9. The van der Waals surface area contributed by atoms with E-state index in [1.807, 2.05) is 0 Å². The summed E-state index contributed by atoms with van der Waals surface area (Å²) < 4.78 is 0. The second kappa shape index (κ2) is 7.35. The molecule has 1 nitrogen and oxygen atoms in total. The molecule has 0 atom stereocenters. The topological polar surface area (TPSA) is 17.1 Å². The lowest BCUT2D eigenvalue weighted by Gasteiger charge is -2.15. The SMILES string of the molecule is CCCc1cc(CCC)c(C(C)=O)c(CCC)c1. The summed E-state index contributed by atoms with van der Waals surface area (Å²) in [6.45, 7) is 8.26. The number of benzene rings is 1. The minimum Gasteiger partial charge on any atom is -0.294 e. The molecule has 18 heavy (non-hydrogen) atoms. The van der Waals surface area contributed by atoms with Crippen molar-refractivity contribution in [2.24, 2.45) is 0 Å². The van der Waals surface area contributed by atoms with Crippen molar-refractivity contribution in [1.82, 2.24) is 0 Å². The van der Waals surface area contributed by atoms with E-state index in [9.17, 15) is 4.79 Å². The smallest absolute Gasteiger partial charge is 0.160 e. The number of aryl methyl sites for hydroxylation is 3. The van der Waals surface area contributed by atoms with Crippen molar-refractivity contribution in [3.8, 4) is 0 Å². The summed E-state index contributed by atoms with van der Waals surface area (Å²) in [7, 11) is 0. The van der Waals surface area contributed by atoms with Gasteiger partial charge < -0.3 is 0 Å². The Kier molecular flexibility index (Phi) is 6.11. The molecule has 0 saturated heterocycles. The largest absolute Gasteiger partial charge is 0.294 e.